The summed E-state index contributed by atoms with van der Waals surface area (Å²) in [4.78, 5) is 7.70. The Labute approximate surface area is 112 Å². The van der Waals surface area contributed by atoms with Gasteiger partial charge in [-0.15, -0.1) is 0 Å². The molecule has 0 saturated heterocycles. The van der Waals surface area contributed by atoms with Crippen LogP contribution in [0.25, 0.3) is 11.3 Å². The van der Waals surface area contributed by atoms with Crippen LogP contribution in [-0.2, 0) is 11.3 Å². The van der Waals surface area contributed by atoms with Crippen LogP contribution >= 0.6 is 0 Å². The van der Waals surface area contributed by atoms with E-state index in [2.05, 4.69) is 15.3 Å². The molecule has 0 unspecified atom stereocenters. The van der Waals surface area contributed by atoms with E-state index in [1.54, 1.807) is 13.2 Å². The molecule has 2 N–H and O–H groups in total. The molecule has 0 aliphatic rings. The fraction of sp³-hybridized carbons (Fsp3) is 0.357. The Hall–Kier alpha value is -1.72. The second kappa shape index (κ2) is 6.45. The smallest absolute Gasteiger partial charge is 0.123 e. The summed E-state index contributed by atoms with van der Waals surface area (Å²) in [5, 5.41) is 3.21. The van der Waals surface area contributed by atoms with Crippen molar-refractivity contribution in [1.82, 2.24) is 15.3 Å². The predicted molar refractivity (Wildman–Crippen MR) is 72.3 cm³/mol. The number of nitrogens with zero attached hydrogens (tertiary/aromatic N) is 1. The highest BCUT2D eigenvalue weighted by atomic mass is 19.1. The van der Waals surface area contributed by atoms with Gasteiger partial charge < -0.3 is 15.0 Å². The molecule has 0 saturated carbocycles. The summed E-state index contributed by atoms with van der Waals surface area (Å²) in [5.41, 5.74) is 2.52. The average Bonchev–Trinajstić information content (AvgIpc) is 2.76. The van der Waals surface area contributed by atoms with Crippen LogP contribution in [0.5, 0.6) is 0 Å². The van der Waals surface area contributed by atoms with Crippen molar-refractivity contribution in [2.45, 2.75) is 13.5 Å². The van der Waals surface area contributed by atoms with Gasteiger partial charge in [0, 0.05) is 24.9 Å². The summed E-state index contributed by atoms with van der Waals surface area (Å²) in [7, 11) is 1.67. The predicted octanol–water partition coefficient (Wildman–Crippen LogP) is 2.26. The standard InChI is InChI=1S/C14H18FN3O/c1-10-14(11-4-3-5-12(15)8-11)18-13(17-10)9-16-6-7-19-2/h3-5,8,16H,6-7,9H2,1-2H3,(H,17,18). The number of ether oxygens (including phenoxy) is 1. The third-order valence-corrected chi connectivity index (χ3v) is 2.81. The van der Waals surface area contributed by atoms with E-state index >= 15 is 0 Å². The number of aromatic nitrogens is 2. The number of hydrogen-bond donors (Lipinski definition) is 2. The van der Waals surface area contributed by atoms with Crippen molar-refractivity contribution in [2.24, 2.45) is 0 Å². The van der Waals surface area contributed by atoms with Gasteiger partial charge >= 0.3 is 0 Å². The number of halogens is 1. The van der Waals surface area contributed by atoms with Crippen LogP contribution in [0.4, 0.5) is 4.39 Å². The molecule has 102 valence electrons. The molecular weight excluding hydrogens is 245 g/mol. The Bertz CT molecular complexity index is 539. The first-order valence-electron chi connectivity index (χ1n) is 6.22. The maximum atomic E-state index is 13.2. The van der Waals surface area contributed by atoms with Gasteiger partial charge in [-0.2, -0.15) is 0 Å². The van der Waals surface area contributed by atoms with Gasteiger partial charge in [-0.1, -0.05) is 12.1 Å². The zero-order valence-electron chi connectivity index (χ0n) is 11.2. The summed E-state index contributed by atoms with van der Waals surface area (Å²) in [5.74, 6) is 0.590. The number of imidazole rings is 1. The highest BCUT2D eigenvalue weighted by Crippen LogP contribution is 2.21. The number of nitrogens with one attached hydrogen (secondary N) is 2. The van der Waals surface area contributed by atoms with Crippen molar-refractivity contribution < 1.29 is 9.13 Å². The molecule has 1 aromatic heterocycles. The zero-order valence-corrected chi connectivity index (χ0v) is 11.2. The number of hydrogen-bond acceptors (Lipinski definition) is 3. The van der Waals surface area contributed by atoms with Gasteiger partial charge in [0.25, 0.3) is 0 Å². The molecule has 1 heterocycles. The maximum absolute atomic E-state index is 13.2. The monoisotopic (exact) mass is 263 g/mol. The van der Waals surface area contributed by atoms with Gasteiger partial charge in [-0.25, -0.2) is 9.37 Å². The second-order valence-corrected chi connectivity index (χ2v) is 4.34. The van der Waals surface area contributed by atoms with E-state index in [1.807, 2.05) is 13.0 Å². The van der Waals surface area contributed by atoms with Gasteiger partial charge in [-0.05, 0) is 19.1 Å². The minimum Gasteiger partial charge on any atom is -0.383 e. The van der Waals surface area contributed by atoms with Crippen LogP contribution in [0.15, 0.2) is 24.3 Å². The van der Waals surface area contributed by atoms with Crippen LogP contribution in [0.2, 0.25) is 0 Å². The first-order valence-corrected chi connectivity index (χ1v) is 6.22. The van der Waals surface area contributed by atoms with E-state index in [0.717, 1.165) is 29.3 Å². The highest BCUT2D eigenvalue weighted by molar-refractivity contribution is 5.61. The average molecular weight is 263 g/mol. The number of aryl methyl sites for hydroxylation is 1. The number of aromatic amines is 1. The second-order valence-electron chi connectivity index (χ2n) is 4.34. The van der Waals surface area contributed by atoms with Crippen molar-refractivity contribution >= 4 is 0 Å². The van der Waals surface area contributed by atoms with Crippen molar-refractivity contribution in [3.05, 3.63) is 41.6 Å². The molecule has 5 heteroatoms. The van der Waals surface area contributed by atoms with E-state index < -0.39 is 0 Å². The van der Waals surface area contributed by atoms with E-state index in [0.29, 0.717) is 13.2 Å². The lowest BCUT2D eigenvalue weighted by atomic mass is 10.1. The van der Waals surface area contributed by atoms with E-state index in [1.165, 1.54) is 12.1 Å². The molecule has 0 amide bonds. The third-order valence-electron chi connectivity index (χ3n) is 2.81. The molecule has 0 aliphatic carbocycles. The molecule has 19 heavy (non-hydrogen) atoms. The molecule has 4 nitrogen and oxygen atoms in total. The normalized spacial score (nSPS) is 10.9. The van der Waals surface area contributed by atoms with Crippen LogP contribution < -0.4 is 5.32 Å². The first-order chi connectivity index (χ1) is 9.20. The largest absolute Gasteiger partial charge is 0.383 e. The zero-order chi connectivity index (χ0) is 13.7. The topological polar surface area (TPSA) is 49.9 Å². The first kappa shape index (κ1) is 13.7. The Morgan fingerprint density at radius 2 is 2.26 bits per heavy atom. The van der Waals surface area contributed by atoms with Crippen molar-refractivity contribution in [2.75, 3.05) is 20.3 Å². The molecule has 0 aliphatic heterocycles. The van der Waals surface area contributed by atoms with E-state index in [4.69, 9.17) is 4.74 Å². The Morgan fingerprint density at radius 3 is 3.00 bits per heavy atom. The minimum atomic E-state index is -0.250. The SMILES string of the molecule is COCCNCc1nc(-c2cccc(F)c2)c(C)[nH]1. The molecule has 2 rings (SSSR count). The Balaban J connectivity index is 2.08. The van der Waals surface area contributed by atoms with Crippen molar-refractivity contribution in [3.63, 3.8) is 0 Å². The third kappa shape index (κ3) is 3.62. The van der Waals surface area contributed by atoms with Crippen LogP contribution in [0.3, 0.4) is 0 Å². The minimum absolute atomic E-state index is 0.250. The Morgan fingerprint density at radius 1 is 1.42 bits per heavy atom. The summed E-state index contributed by atoms with van der Waals surface area (Å²) in [6, 6.07) is 6.47. The van der Waals surface area contributed by atoms with E-state index in [9.17, 15) is 4.39 Å². The summed E-state index contributed by atoms with van der Waals surface area (Å²) < 4.78 is 18.2. The van der Waals surface area contributed by atoms with Gasteiger partial charge in [0.05, 0.1) is 18.8 Å². The van der Waals surface area contributed by atoms with Crippen molar-refractivity contribution in [3.8, 4) is 11.3 Å². The molecule has 1 aromatic carbocycles. The lowest BCUT2D eigenvalue weighted by Crippen LogP contribution is -2.19. The lowest BCUT2D eigenvalue weighted by molar-refractivity contribution is 0.199. The number of benzene rings is 1. The molecule has 2 aromatic rings. The summed E-state index contributed by atoms with van der Waals surface area (Å²) >= 11 is 0. The maximum Gasteiger partial charge on any atom is 0.123 e. The van der Waals surface area contributed by atoms with E-state index in [-0.39, 0.29) is 5.82 Å². The fourth-order valence-corrected chi connectivity index (χ4v) is 1.90. The highest BCUT2D eigenvalue weighted by Gasteiger charge is 2.09. The molecule has 0 fully saturated rings. The van der Waals surface area contributed by atoms with Crippen molar-refractivity contribution in [1.29, 1.82) is 0 Å². The molecule has 0 radical (unpaired) electrons. The molecule has 0 atom stereocenters. The van der Waals surface area contributed by atoms with Gasteiger partial charge in [-0.3, -0.25) is 0 Å². The molecule has 0 spiro atoms. The quantitative estimate of drug-likeness (QED) is 0.786. The molecular formula is C14H18FN3O. The van der Waals surface area contributed by atoms with Crippen LogP contribution in [0, 0.1) is 12.7 Å². The number of methoxy groups -OCH3 is 1. The molecule has 0 bridgehead atoms. The summed E-state index contributed by atoms with van der Waals surface area (Å²) in [6.45, 7) is 4.01. The van der Waals surface area contributed by atoms with Crippen LogP contribution in [-0.4, -0.2) is 30.2 Å². The van der Waals surface area contributed by atoms with Gasteiger partial charge in [0.15, 0.2) is 0 Å². The van der Waals surface area contributed by atoms with Crippen LogP contribution in [0.1, 0.15) is 11.5 Å². The summed E-state index contributed by atoms with van der Waals surface area (Å²) in [6.07, 6.45) is 0. The lowest BCUT2D eigenvalue weighted by Gasteiger charge is -2.00. The van der Waals surface area contributed by atoms with Gasteiger partial charge in [0.1, 0.15) is 11.6 Å². The number of H-pyrrole nitrogens is 1. The fourth-order valence-electron chi connectivity index (χ4n) is 1.90. The number of rotatable bonds is 6. The Kier molecular flexibility index (Phi) is 4.65. The van der Waals surface area contributed by atoms with Gasteiger partial charge in [0.2, 0.25) is 0 Å².